The number of hydrogen-bond acceptors (Lipinski definition) is 5. The number of fused-ring (bicyclic) bond motifs is 2. The summed E-state index contributed by atoms with van der Waals surface area (Å²) >= 11 is 6.00. The first kappa shape index (κ1) is 12.0. The number of nitrogens with zero attached hydrogens (tertiary/aromatic N) is 6. The Kier molecular flexibility index (Phi) is 2.36. The minimum atomic E-state index is -0.511. The van der Waals surface area contributed by atoms with Crippen molar-refractivity contribution >= 4 is 34.1 Å². The van der Waals surface area contributed by atoms with Gasteiger partial charge in [-0.15, -0.1) is 10.2 Å². The van der Waals surface area contributed by atoms with Crippen molar-refractivity contribution in [2.45, 2.75) is 0 Å². The van der Waals surface area contributed by atoms with Gasteiger partial charge in [-0.25, -0.2) is 18.6 Å². The standard InChI is InChI=1S/C12H7ClFN7/c13-6-1-2-8-9(3-6)21(19-17-8)10-11(15)18-20-5-7(14)4-16-12(10)20/h1-5H,(H2,15,18). The number of nitrogens with two attached hydrogens (primary N) is 1. The Hall–Kier alpha value is -2.74. The van der Waals surface area contributed by atoms with Gasteiger partial charge < -0.3 is 5.73 Å². The van der Waals surface area contributed by atoms with Crippen LogP contribution in [0.1, 0.15) is 0 Å². The van der Waals surface area contributed by atoms with E-state index >= 15 is 0 Å². The molecule has 3 aromatic heterocycles. The molecule has 0 atom stereocenters. The Bertz CT molecular complexity index is 990. The third-order valence-corrected chi connectivity index (χ3v) is 3.30. The molecule has 3 heterocycles. The van der Waals surface area contributed by atoms with Gasteiger partial charge in [0.2, 0.25) is 0 Å². The number of nitrogen functional groups attached to an aromatic ring is 1. The smallest absolute Gasteiger partial charge is 0.183 e. The predicted octanol–water partition coefficient (Wildman–Crippen LogP) is 1.84. The normalized spacial score (nSPS) is 11.5. The fourth-order valence-corrected chi connectivity index (χ4v) is 2.34. The quantitative estimate of drug-likeness (QED) is 0.580. The Morgan fingerprint density at radius 2 is 2.14 bits per heavy atom. The third kappa shape index (κ3) is 1.73. The summed E-state index contributed by atoms with van der Waals surface area (Å²) in [5.74, 6) is -0.345. The largest absolute Gasteiger partial charge is 0.380 e. The van der Waals surface area contributed by atoms with E-state index in [4.69, 9.17) is 17.3 Å². The molecule has 4 rings (SSSR count). The average Bonchev–Trinajstić information content (AvgIpc) is 2.97. The topological polar surface area (TPSA) is 86.9 Å². The first-order valence-corrected chi connectivity index (χ1v) is 6.32. The monoisotopic (exact) mass is 303 g/mol. The van der Waals surface area contributed by atoms with Crippen LogP contribution in [0.5, 0.6) is 0 Å². The van der Waals surface area contributed by atoms with Gasteiger partial charge in [-0.3, -0.25) is 0 Å². The average molecular weight is 304 g/mol. The molecule has 0 aliphatic carbocycles. The molecule has 9 heteroatoms. The lowest BCUT2D eigenvalue weighted by molar-refractivity contribution is 0.607. The van der Waals surface area contributed by atoms with Crippen LogP contribution < -0.4 is 5.73 Å². The molecular formula is C12H7ClFN7. The van der Waals surface area contributed by atoms with Crippen molar-refractivity contribution < 1.29 is 4.39 Å². The van der Waals surface area contributed by atoms with Crippen molar-refractivity contribution in [3.8, 4) is 5.69 Å². The van der Waals surface area contributed by atoms with E-state index in [0.717, 1.165) is 6.20 Å². The van der Waals surface area contributed by atoms with Crippen molar-refractivity contribution in [3.05, 3.63) is 41.4 Å². The maximum absolute atomic E-state index is 13.2. The Morgan fingerprint density at radius 1 is 1.29 bits per heavy atom. The van der Waals surface area contributed by atoms with E-state index in [2.05, 4.69) is 20.4 Å². The van der Waals surface area contributed by atoms with Crippen LogP contribution in [0.2, 0.25) is 5.02 Å². The summed E-state index contributed by atoms with van der Waals surface area (Å²) in [6, 6.07) is 5.18. The zero-order valence-corrected chi connectivity index (χ0v) is 11.2. The highest BCUT2D eigenvalue weighted by atomic mass is 35.5. The van der Waals surface area contributed by atoms with Crippen molar-refractivity contribution in [1.82, 2.24) is 29.6 Å². The van der Waals surface area contributed by atoms with E-state index in [1.54, 1.807) is 18.2 Å². The number of benzene rings is 1. The Labute approximate surface area is 121 Å². The molecular weight excluding hydrogens is 297 g/mol. The molecule has 0 fully saturated rings. The number of hydrogen-bond donors (Lipinski definition) is 1. The second-order valence-corrected chi connectivity index (χ2v) is 4.84. The van der Waals surface area contributed by atoms with Gasteiger partial charge in [0.1, 0.15) is 5.52 Å². The van der Waals surface area contributed by atoms with Gasteiger partial charge in [0.15, 0.2) is 23.0 Å². The van der Waals surface area contributed by atoms with E-state index < -0.39 is 5.82 Å². The third-order valence-electron chi connectivity index (χ3n) is 3.06. The molecule has 0 aliphatic rings. The Morgan fingerprint density at radius 3 is 3.00 bits per heavy atom. The van der Waals surface area contributed by atoms with E-state index in [0.29, 0.717) is 27.4 Å². The Balaban J connectivity index is 2.08. The van der Waals surface area contributed by atoms with Gasteiger partial charge in [0.05, 0.1) is 17.9 Å². The highest BCUT2D eigenvalue weighted by Gasteiger charge is 2.18. The van der Waals surface area contributed by atoms with E-state index in [1.807, 2.05) is 0 Å². The van der Waals surface area contributed by atoms with Crippen molar-refractivity contribution in [2.24, 2.45) is 0 Å². The van der Waals surface area contributed by atoms with Gasteiger partial charge in [0.25, 0.3) is 0 Å². The predicted molar refractivity (Wildman–Crippen MR) is 74.8 cm³/mol. The molecule has 0 saturated heterocycles. The molecule has 2 N–H and O–H groups in total. The summed E-state index contributed by atoms with van der Waals surface area (Å²) in [5, 5.41) is 12.7. The maximum atomic E-state index is 13.2. The summed E-state index contributed by atoms with van der Waals surface area (Å²) in [6.45, 7) is 0. The molecule has 4 aromatic rings. The molecule has 0 saturated carbocycles. The lowest BCUT2D eigenvalue weighted by Crippen LogP contribution is -2.01. The van der Waals surface area contributed by atoms with Gasteiger partial charge >= 0.3 is 0 Å². The van der Waals surface area contributed by atoms with E-state index in [9.17, 15) is 4.39 Å². The van der Waals surface area contributed by atoms with Gasteiger partial charge in [-0.05, 0) is 18.2 Å². The lowest BCUT2D eigenvalue weighted by atomic mass is 10.3. The van der Waals surface area contributed by atoms with Crippen molar-refractivity contribution in [2.75, 3.05) is 5.73 Å². The maximum Gasteiger partial charge on any atom is 0.183 e. The summed E-state index contributed by atoms with van der Waals surface area (Å²) in [6.07, 6.45) is 2.28. The molecule has 0 bridgehead atoms. The molecule has 0 aliphatic heterocycles. The van der Waals surface area contributed by atoms with Crippen LogP contribution in [0.25, 0.3) is 22.4 Å². The highest BCUT2D eigenvalue weighted by molar-refractivity contribution is 6.31. The molecule has 1 aromatic carbocycles. The zero-order valence-electron chi connectivity index (χ0n) is 10.4. The summed E-state index contributed by atoms with van der Waals surface area (Å²) < 4.78 is 16.0. The number of rotatable bonds is 1. The summed E-state index contributed by atoms with van der Waals surface area (Å²) in [7, 11) is 0. The van der Waals surface area contributed by atoms with Gasteiger partial charge in [-0.1, -0.05) is 16.8 Å². The SMILES string of the molecule is Nc1nn2cc(F)cnc2c1-n1nnc2ccc(Cl)cc21. The van der Waals surface area contributed by atoms with Crippen LogP contribution >= 0.6 is 11.6 Å². The number of aromatic nitrogens is 6. The molecule has 0 radical (unpaired) electrons. The summed E-state index contributed by atoms with van der Waals surface area (Å²) in [5.41, 5.74) is 8.03. The summed E-state index contributed by atoms with van der Waals surface area (Å²) in [4.78, 5) is 4.01. The van der Waals surface area contributed by atoms with Crippen LogP contribution in [-0.4, -0.2) is 29.6 Å². The molecule has 104 valence electrons. The number of halogens is 2. The van der Waals surface area contributed by atoms with Crippen molar-refractivity contribution in [1.29, 1.82) is 0 Å². The first-order valence-electron chi connectivity index (χ1n) is 5.94. The minimum Gasteiger partial charge on any atom is -0.380 e. The van der Waals surface area contributed by atoms with Crippen LogP contribution in [-0.2, 0) is 0 Å². The van der Waals surface area contributed by atoms with Crippen LogP contribution in [0.15, 0.2) is 30.6 Å². The molecule has 21 heavy (non-hydrogen) atoms. The van der Waals surface area contributed by atoms with E-state index in [1.165, 1.54) is 15.4 Å². The number of anilines is 1. The fourth-order valence-electron chi connectivity index (χ4n) is 2.18. The zero-order chi connectivity index (χ0) is 14.6. The lowest BCUT2D eigenvalue weighted by Gasteiger charge is -2.00. The highest BCUT2D eigenvalue weighted by Crippen LogP contribution is 2.25. The van der Waals surface area contributed by atoms with Gasteiger partial charge in [0, 0.05) is 5.02 Å². The first-order chi connectivity index (χ1) is 10.1. The molecule has 0 spiro atoms. The molecule has 0 amide bonds. The fraction of sp³-hybridized carbons (Fsp3) is 0. The second-order valence-electron chi connectivity index (χ2n) is 4.41. The van der Waals surface area contributed by atoms with Crippen molar-refractivity contribution in [3.63, 3.8) is 0 Å². The van der Waals surface area contributed by atoms with Crippen LogP contribution in [0, 0.1) is 5.82 Å². The van der Waals surface area contributed by atoms with Crippen LogP contribution in [0.4, 0.5) is 10.2 Å². The minimum absolute atomic E-state index is 0.167. The molecule has 7 nitrogen and oxygen atoms in total. The van der Waals surface area contributed by atoms with E-state index in [-0.39, 0.29) is 5.82 Å². The van der Waals surface area contributed by atoms with Crippen LogP contribution in [0.3, 0.4) is 0 Å². The molecule has 0 unspecified atom stereocenters. The second kappa shape index (κ2) is 4.13. The van der Waals surface area contributed by atoms with Gasteiger partial charge in [-0.2, -0.15) is 0 Å².